The van der Waals surface area contributed by atoms with Crippen LogP contribution in [0.25, 0.3) is 0 Å². The van der Waals surface area contributed by atoms with Crippen molar-refractivity contribution in [2.45, 2.75) is 65.9 Å². The minimum absolute atomic E-state index is 0.00918. The third kappa shape index (κ3) is 5.18. The summed E-state index contributed by atoms with van der Waals surface area (Å²) < 4.78 is 6.20. The second-order valence-corrected chi connectivity index (χ2v) is 8.89. The van der Waals surface area contributed by atoms with Gasteiger partial charge in [-0.05, 0) is 38.1 Å². The lowest BCUT2D eigenvalue weighted by Crippen LogP contribution is -2.58. The molecule has 2 rings (SSSR count). The molecule has 0 N–H and O–H groups in total. The lowest BCUT2D eigenvalue weighted by atomic mass is 9.87. The summed E-state index contributed by atoms with van der Waals surface area (Å²) in [5.41, 5.74) is -0.286. The number of rotatable bonds is 4. The van der Waals surface area contributed by atoms with Crippen LogP contribution in [0.15, 0.2) is 0 Å². The number of hydrogen-bond acceptors (Lipinski definition) is 3. The molecule has 0 atom stereocenters. The van der Waals surface area contributed by atoms with Gasteiger partial charge in [0.1, 0.15) is 0 Å². The van der Waals surface area contributed by atoms with Gasteiger partial charge in [0.15, 0.2) is 0 Å². The smallest absolute Gasteiger partial charge is 0.227 e. The molecular formula is C19H36N2O2. The average molecular weight is 325 g/mol. The van der Waals surface area contributed by atoms with Gasteiger partial charge in [0, 0.05) is 31.6 Å². The van der Waals surface area contributed by atoms with E-state index in [0.717, 1.165) is 51.5 Å². The Morgan fingerprint density at radius 2 is 1.83 bits per heavy atom. The van der Waals surface area contributed by atoms with Crippen molar-refractivity contribution < 1.29 is 9.53 Å². The molecule has 4 nitrogen and oxygen atoms in total. The molecule has 0 bridgehead atoms. The number of hydrogen-bond donors (Lipinski definition) is 0. The summed E-state index contributed by atoms with van der Waals surface area (Å²) in [5.74, 6) is 1.06. The van der Waals surface area contributed by atoms with Gasteiger partial charge in [-0.3, -0.25) is 9.69 Å². The molecular weight excluding hydrogens is 288 g/mol. The van der Waals surface area contributed by atoms with Crippen molar-refractivity contribution in [3.63, 3.8) is 0 Å². The summed E-state index contributed by atoms with van der Waals surface area (Å²) in [4.78, 5) is 17.0. The van der Waals surface area contributed by atoms with Crippen LogP contribution in [-0.4, -0.2) is 60.6 Å². The highest BCUT2D eigenvalue weighted by Gasteiger charge is 2.41. The Morgan fingerprint density at radius 3 is 2.39 bits per heavy atom. The topological polar surface area (TPSA) is 32.8 Å². The van der Waals surface area contributed by atoms with Crippen LogP contribution in [0.5, 0.6) is 0 Å². The van der Waals surface area contributed by atoms with E-state index in [9.17, 15) is 4.79 Å². The number of carbonyl (C=O) groups is 1. The fraction of sp³-hybridized carbons (Fsp3) is 0.947. The molecule has 4 heteroatoms. The van der Waals surface area contributed by atoms with Crippen molar-refractivity contribution in [2.24, 2.45) is 11.3 Å². The summed E-state index contributed by atoms with van der Waals surface area (Å²) in [6.07, 6.45) is 4.55. The van der Waals surface area contributed by atoms with E-state index < -0.39 is 0 Å². The van der Waals surface area contributed by atoms with Gasteiger partial charge in [-0.25, -0.2) is 0 Å². The van der Waals surface area contributed by atoms with Crippen molar-refractivity contribution in [1.29, 1.82) is 0 Å². The first-order chi connectivity index (χ1) is 10.7. The highest BCUT2D eigenvalue weighted by Crippen LogP contribution is 2.32. The summed E-state index contributed by atoms with van der Waals surface area (Å²) in [7, 11) is 0. The third-order valence-electron chi connectivity index (χ3n) is 5.19. The van der Waals surface area contributed by atoms with Gasteiger partial charge >= 0.3 is 0 Å². The second kappa shape index (κ2) is 7.52. The molecule has 1 amide bonds. The Labute approximate surface area is 142 Å². The highest BCUT2D eigenvalue weighted by molar-refractivity contribution is 5.81. The lowest BCUT2D eigenvalue weighted by molar-refractivity contribution is -0.156. The van der Waals surface area contributed by atoms with Crippen LogP contribution in [-0.2, 0) is 9.53 Å². The number of nitrogens with zero attached hydrogens (tertiary/aromatic N) is 2. The van der Waals surface area contributed by atoms with Crippen molar-refractivity contribution in [3.8, 4) is 0 Å². The summed E-state index contributed by atoms with van der Waals surface area (Å²) in [6, 6.07) is 0. The zero-order valence-electron chi connectivity index (χ0n) is 15.9. The van der Waals surface area contributed by atoms with E-state index in [2.05, 4.69) is 18.7 Å². The van der Waals surface area contributed by atoms with Crippen LogP contribution < -0.4 is 0 Å². The Balaban J connectivity index is 1.83. The first-order valence-electron chi connectivity index (χ1n) is 9.38. The molecule has 2 saturated heterocycles. The number of piperidine rings is 1. The second-order valence-electron chi connectivity index (χ2n) is 8.89. The van der Waals surface area contributed by atoms with Gasteiger partial charge in [-0.2, -0.15) is 0 Å². The van der Waals surface area contributed by atoms with E-state index in [0.29, 0.717) is 0 Å². The van der Waals surface area contributed by atoms with Gasteiger partial charge in [0.05, 0.1) is 12.2 Å². The number of morpholine rings is 1. The Morgan fingerprint density at radius 1 is 1.17 bits per heavy atom. The largest absolute Gasteiger partial charge is 0.372 e. The van der Waals surface area contributed by atoms with Crippen molar-refractivity contribution in [3.05, 3.63) is 0 Å². The molecule has 2 aliphatic heterocycles. The number of carbonyl (C=O) groups excluding carboxylic acids is 1. The third-order valence-corrected chi connectivity index (χ3v) is 5.19. The fourth-order valence-electron chi connectivity index (χ4n) is 3.73. The first kappa shape index (κ1) is 18.7. The minimum Gasteiger partial charge on any atom is -0.372 e. The Hall–Kier alpha value is -0.610. The molecule has 134 valence electrons. The monoisotopic (exact) mass is 324 g/mol. The summed E-state index contributed by atoms with van der Waals surface area (Å²) >= 11 is 0. The number of ether oxygens (including phenoxy) is 1. The molecule has 0 radical (unpaired) electrons. The molecule has 0 aromatic rings. The lowest BCUT2D eigenvalue weighted by Gasteiger charge is -2.48. The van der Waals surface area contributed by atoms with E-state index in [-0.39, 0.29) is 16.9 Å². The molecule has 2 aliphatic rings. The van der Waals surface area contributed by atoms with Crippen molar-refractivity contribution in [1.82, 2.24) is 9.80 Å². The van der Waals surface area contributed by atoms with Crippen LogP contribution in [0.1, 0.15) is 60.3 Å². The fourth-order valence-corrected chi connectivity index (χ4v) is 3.73. The van der Waals surface area contributed by atoms with Crippen LogP contribution in [0.3, 0.4) is 0 Å². The highest BCUT2D eigenvalue weighted by atomic mass is 16.5. The summed E-state index contributed by atoms with van der Waals surface area (Å²) in [6.45, 7) is 16.4. The Bertz CT molecular complexity index is 393. The van der Waals surface area contributed by atoms with Crippen molar-refractivity contribution in [2.75, 3.05) is 39.3 Å². The quantitative estimate of drug-likeness (QED) is 0.796. The van der Waals surface area contributed by atoms with Gasteiger partial charge in [-0.15, -0.1) is 0 Å². The van der Waals surface area contributed by atoms with E-state index in [1.54, 1.807) is 0 Å². The zero-order valence-corrected chi connectivity index (χ0v) is 15.9. The van der Waals surface area contributed by atoms with E-state index in [1.165, 1.54) is 19.4 Å². The molecule has 0 aromatic carbocycles. The van der Waals surface area contributed by atoms with E-state index >= 15 is 0 Å². The number of likely N-dealkylation sites (tertiary alicyclic amines) is 1. The first-order valence-corrected chi connectivity index (χ1v) is 9.38. The predicted octanol–water partition coefficient (Wildman–Crippen LogP) is 3.16. The van der Waals surface area contributed by atoms with Crippen LogP contribution in [0, 0.1) is 11.3 Å². The van der Waals surface area contributed by atoms with E-state index in [1.807, 2.05) is 25.7 Å². The average Bonchev–Trinajstić information content (AvgIpc) is 2.46. The summed E-state index contributed by atoms with van der Waals surface area (Å²) in [5, 5.41) is 0. The van der Waals surface area contributed by atoms with Gasteiger partial charge in [-0.1, -0.05) is 34.6 Å². The molecule has 0 unspecified atom stereocenters. The van der Waals surface area contributed by atoms with Crippen LogP contribution >= 0.6 is 0 Å². The van der Waals surface area contributed by atoms with Crippen LogP contribution in [0.2, 0.25) is 0 Å². The standard InChI is InChI=1S/C19H36N2O2/c1-16(2)7-6-10-20-13-14-23-19(15-20)8-11-21(12-9-19)17(22)18(3,4)5/h16H,6-15H2,1-5H3. The molecule has 0 aromatic heterocycles. The molecule has 1 spiro atoms. The molecule has 23 heavy (non-hydrogen) atoms. The molecule has 0 aliphatic carbocycles. The maximum atomic E-state index is 12.4. The van der Waals surface area contributed by atoms with Crippen molar-refractivity contribution >= 4 is 5.91 Å². The maximum absolute atomic E-state index is 12.4. The van der Waals surface area contributed by atoms with Crippen LogP contribution in [0.4, 0.5) is 0 Å². The molecule has 2 fully saturated rings. The van der Waals surface area contributed by atoms with Gasteiger partial charge in [0.2, 0.25) is 5.91 Å². The SMILES string of the molecule is CC(C)CCCN1CCOC2(CCN(C(=O)C(C)(C)C)CC2)C1. The number of amides is 1. The molecule has 2 heterocycles. The zero-order chi connectivity index (χ0) is 17.1. The molecule has 0 saturated carbocycles. The van der Waals surface area contributed by atoms with Gasteiger partial charge < -0.3 is 9.64 Å². The normalized spacial score (nSPS) is 22.8. The van der Waals surface area contributed by atoms with Gasteiger partial charge in [0.25, 0.3) is 0 Å². The predicted molar refractivity (Wildman–Crippen MR) is 94.5 cm³/mol. The maximum Gasteiger partial charge on any atom is 0.227 e. The Kier molecular flexibility index (Phi) is 6.12. The van der Waals surface area contributed by atoms with E-state index in [4.69, 9.17) is 4.74 Å². The minimum atomic E-state index is -0.277.